The van der Waals surface area contributed by atoms with Gasteiger partial charge in [0.15, 0.2) is 5.71 Å². The average molecular weight is 251 g/mol. The van der Waals surface area contributed by atoms with Crippen molar-refractivity contribution in [2.45, 2.75) is 26.6 Å². The monoisotopic (exact) mass is 251 g/mol. The lowest BCUT2D eigenvalue weighted by molar-refractivity contribution is -0.135. The van der Waals surface area contributed by atoms with Crippen LogP contribution in [-0.4, -0.2) is 29.5 Å². The molecule has 1 aromatic carbocycles. The molecule has 0 aliphatic carbocycles. The van der Waals surface area contributed by atoms with E-state index in [-0.39, 0.29) is 18.9 Å². The summed E-state index contributed by atoms with van der Waals surface area (Å²) < 4.78 is 4.76. The van der Waals surface area contributed by atoms with Gasteiger partial charge >= 0.3 is 5.97 Å². The van der Waals surface area contributed by atoms with Crippen molar-refractivity contribution >= 4 is 11.7 Å². The zero-order valence-electron chi connectivity index (χ0n) is 10.5. The van der Waals surface area contributed by atoms with Gasteiger partial charge in [-0.2, -0.15) is 0 Å². The largest absolute Gasteiger partial charge is 0.461 e. The number of benzene rings is 1. The Morgan fingerprint density at radius 2 is 2.06 bits per heavy atom. The Morgan fingerprint density at radius 1 is 1.39 bits per heavy atom. The van der Waals surface area contributed by atoms with Crippen molar-refractivity contribution in [3.05, 3.63) is 35.9 Å². The number of hydrogen-bond donors (Lipinski definition) is 1. The number of esters is 1. The van der Waals surface area contributed by atoms with E-state index in [1.54, 1.807) is 6.92 Å². The van der Waals surface area contributed by atoms with Crippen LogP contribution in [0.25, 0.3) is 0 Å². The molecular formula is C13H17NO4. The molecule has 0 aliphatic heterocycles. The van der Waals surface area contributed by atoms with Crippen LogP contribution in [0.1, 0.15) is 19.4 Å². The highest BCUT2D eigenvalue weighted by Gasteiger charge is 2.19. The summed E-state index contributed by atoms with van der Waals surface area (Å²) in [7, 11) is 0. The first-order valence-corrected chi connectivity index (χ1v) is 5.74. The zero-order valence-corrected chi connectivity index (χ0v) is 10.5. The van der Waals surface area contributed by atoms with E-state index in [4.69, 9.17) is 9.57 Å². The first-order chi connectivity index (χ1) is 8.65. The Labute approximate surface area is 106 Å². The second-order valence-electron chi connectivity index (χ2n) is 3.63. The molecule has 18 heavy (non-hydrogen) atoms. The predicted molar refractivity (Wildman–Crippen MR) is 67.0 cm³/mol. The molecule has 0 fully saturated rings. The summed E-state index contributed by atoms with van der Waals surface area (Å²) in [6.07, 6.45) is -1.03. The summed E-state index contributed by atoms with van der Waals surface area (Å²) in [5.74, 6) is -0.666. The molecule has 1 atom stereocenters. The fraction of sp³-hybridized carbons (Fsp3) is 0.385. The van der Waals surface area contributed by atoms with Gasteiger partial charge in [-0.3, -0.25) is 0 Å². The lowest BCUT2D eigenvalue weighted by Crippen LogP contribution is -2.28. The van der Waals surface area contributed by atoms with Gasteiger partial charge in [0.25, 0.3) is 0 Å². The van der Waals surface area contributed by atoms with Crippen LogP contribution in [0.3, 0.4) is 0 Å². The molecule has 1 N–H and O–H groups in total. The lowest BCUT2D eigenvalue weighted by Gasteiger charge is -2.08. The van der Waals surface area contributed by atoms with E-state index >= 15 is 0 Å². The Morgan fingerprint density at radius 3 is 2.61 bits per heavy atom. The van der Waals surface area contributed by atoms with Crippen molar-refractivity contribution in [3.63, 3.8) is 0 Å². The Kier molecular flexibility index (Phi) is 5.87. The number of aliphatic hydroxyl groups excluding tert-OH is 1. The van der Waals surface area contributed by atoms with E-state index in [2.05, 4.69) is 5.16 Å². The van der Waals surface area contributed by atoms with Crippen LogP contribution < -0.4 is 0 Å². The minimum atomic E-state index is -1.03. The molecule has 0 saturated carbocycles. The van der Waals surface area contributed by atoms with Gasteiger partial charge < -0.3 is 14.7 Å². The van der Waals surface area contributed by atoms with Crippen LogP contribution in [0.4, 0.5) is 0 Å². The Hall–Kier alpha value is -1.88. The minimum Gasteiger partial charge on any atom is -0.461 e. The number of carbonyl (C=O) groups excluding carboxylic acids is 1. The first kappa shape index (κ1) is 14.2. The van der Waals surface area contributed by atoms with Gasteiger partial charge in [0.1, 0.15) is 12.7 Å². The van der Waals surface area contributed by atoms with Crippen LogP contribution >= 0.6 is 0 Å². The van der Waals surface area contributed by atoms with E-state index < -0.39 is 12.1 Å². The molecule has 5 heteroatoms. The summed E-state index contributed by atoms with van der Waals surface area (Å²) in [6, 6.07) is 9.41. The van der Waals surface area contributed by atoms with Crippen molar-refractivity contribution in [2.24, 2.45) is 5.16 Å². The second kappa shape index (κ2) is 7.45. The summed E-state index contributed by atoms with van der Waals surface area (Å²) in [5.41, 5.74) is 0.794. The third kappa shape index (κ3) is 4.55. The predicted octanol–water partition coefficient (Wildman–Crippen LogP) is 1.50. The standard InChI is InChI=1S/C13H17NO4/c1-3-17-13(16)12(10(2)15)14-18-9-11-7-5-4-6-8-11/h4-8,10,15H,3,9H2,1-2H3/b14-12+. The maximum Gasteiger partial charge on any atom is 0.358 e. The summed E-state index contributed by atoms with van der Waals surface area (Å²) in [4.78, 5) is 16.5. The molecule has 1 unspecified atom stereocenters. The van der Waals surface area contributed by atoms with Crippen molar-refractivity contribution < 1.29 is 19.5 Å². The highest BCUT2D eigenvalue weighted by Crippen LogP contribution is 2.02. The number of carbonyl (C=O) groups is 1. The summed E-state index contributed by atoms with van der Waals surface area (Å²) in [5, 5.41) is 13.0. The van der Waals surface area contributed by atoms with Crippen LogP contribution in [0.15, 0.2) is 35.5 Å². The number of aliphatic hydroxyl groups is 1. The number of nitrogens with zero attached hydrogens (tertiary/aromatic N) is 1. The molecule has 98 valence electrons. The maximum atomic E-state index is 11.4. The third-order valence-corrected chi connectivity index (χ3v) is 2.12. The fourth-order valence-corrected chi connectivity index (χ4v) is 1.24. The van der Waals surface area contributed by atoms with Crippen LogP contribution in [0.2, 0.25) is 0 Å². The van der Waals surface area contributed by atoms with E-state index in [1.807, 2.05) is 30.3 Å². The molecule has 0 bridgehead atoms. The first-order valence-electron chi connectivity index (χ1n) is 5.74. The smallest absolute Gasteiger partial charge is 0.358 e. The van der Waals surface area contributed by atoms with Gasteiger partial charge in [-0.25, -0.2) is 4.79 Å². The molecule has 0 aliphatic rings. The molecule has 1 aromatic rings. The normalized spacial score (nSPS) is 12.9. The second-order valence-corrected chi connectivity index (χ2v) is 3.63. The third-order valence-electron chi connectivity index (χ3n) is 2.12. The number of rotatable bonds is 6. The fourth-order valence-electron chi connectivity index (χ4n) is 1.24. The van der Waals surface area contributed by atoms with E-state index in [9.17, 15) is 9.90 Å². The van der Waals surface area contributed by atoms with Gasteiger partial charge in [-0.15, -0.1) is 0 Å². The molecule has 0 saturated heterocycles. The zero-order chi connectivity index (χ0) is 13.4. The molecule has 5 nitrogen and oxygen atoms in total. The Balaban J connectivity index is 2.58. The van der Waals surface area contributed by atoms with Crippen molar-refractivity contribution in [2.75, 3.05) is 6.61 Å². The van der Waals surface area contributed by atoms with Crippen LogP contribution in [0, 0.1) is 0 Å². The minimum absolute atomic E-state index is 0.132. The van der Waals surface area contributed by atoms with Gasteiger partial charge in [0.05, 0.1) is 6.61 Å². The van der Waals surface area contributed by atoms with Crippen LogP contribution in [-0.2, 0) is 21.0 Å². The number of oxime groups is 1. The molecule has 1 rings (SSSR count). The topological polar surface area (TPSA) is 68.1 Å². The molecule has 0 radical (unpaired) electrons. The highest BCUT2D eigenvalue weighted by atomic mass is 16.6. The van der Waals surface area contributed by atoms with Crippen molar-refractivity contribution in [1.82, 2.24) is 0 Å². The lowest BCUT2D eigenvalue weighted by atomic mass is 10.2. The van der Waals surface area contributed by atoms with Gasteiger partial charge in [-0.1, -0.05) is 35.5 Å². The number of hydrogen-bond acceptors (Lipinski definition) is 5. The maximum absolute atomic E-state index is 11.4. The molecule has 0 amide bonds. The van der Waals surface area contributed by atoms with Gasteiger partial charge in [0.2, 0.25) is 0 Å². The van der Waals surface area contributed by atoms with Gasteiger partial charge in [0, 0.05) is 0 Å². The highest BCUT2D eigenvalue weighted by molar-refractivity contribution is 6.37. The SMILES string of the molecule is CCOC(=O)/C(=N/OCc1ccccc1)C(C)O. The van der Waals surface area contributed by atoms with E-state index in [1.165, 1.54) is 6.92 Å². The molecule has 0 heterocycles. The van der Waals surface area contributed by atoms with E-state index in [0.717, 1.165) is 5.56 Å². The summed E-state index contributed by atoms with van der Waals surface area (Å²) in [6.45, 7) is 3.57. The van der Waals surface area contributed by atoms with E-state index in [0.29, 0.717) is 0 Å². The quantitative estimate of drug-likeness (QED) is 0.472. The molecule has 0 spiro atoms. The molecule has 0 aromatic heterocycles. The molecular weight excluding hydrogens is 234 g/mol. The number of ether oxygens (including phenoxy) is 1. The van der Waals surface area contributed by atoms with Gasteiger partial charge in [-0.05, 0) is 19.4 Å². The Bertz CT molecular complexity index is 401. The average Bonchev–Trinajstić information content (AvgIpc) is 2.35. The van der Waals surface area contributed by atoms with Crippen molar-refractivity contribution in [1.29, 1.82) is 0 Å². The van der Waals surface area contributed by atoms with Crippen molar-refractivity contribution in [3.8, 4) is 0 Å². The van der Waals surface area contributed by atoms with Crippen LogP contribution in [0.5, 0.6) is 0 Å². The summed E-state index contributed by atoms with van der Waals surface area (Å²) >= 11 is 0.